The summed E-state index contributed by atoms with van der Waals surface area (Å²) in [6, 6.07) is 6.51. The van der Waals surface area contributed by atoms with Gasteiger partial charge < -0.3 is 5.32 Å². The number of aryl methyl sites for hydroxylation is 2. The van der Waals surface area contributed by atoms with Crippen LogP contribution in [0.3, 0.4) is 0 Å². The fraction of sp³-hybridized carbons (Fsp3) is 0.294. The minimum absolute atomic E-state index is 0.292. The van der Waals surface area contributed by atoms with Crippen LogP contribution < -0.4 is 5.32 Å². The van der Waals surface area contributed by atoms with Gasteiger partial charge in [-0.1, -0.05) is 30.7 Å². The van der Waals surface area contributed by atoms with Crippen molar-refractivity contribution in [2.24, 2.45) is 0 Å². The highest BCUT2D eigenvalue weighted by molar-refractivity contribution is 7.17. The van der Waals surface area contributed by atoms with E-state index in [0.29, 0.717) is 5.28 Å². The molecular formula is C17H18ClN3S. The van der Waals surface area contributed by atoms with Crippen molar-refractivity contribution in [3.8, 4) is 11.1 Å². The highest BCUT2D eigenvalue weighted by Crippen LogP contribution is 2.38. The van der Waals surface area contributed by atoms with Crippen molar-refractivity contribution in [1.82, 2.24) is 9.97 Å². The number of halogens is 1. The van der Waals surface area contributed by atoms with Gasteiger partial charge in [-0.25, -0.2) is 9.97 Å². The number of fused-ring (bicyclic) bond motifs is 1. The molecule has 3 rings (SSSR count). The predicted molar refractivity (Wildman–Crippen MR) is 96.1 cm³/mol. The maximum absolute atomic E-state index is 6.05. The Hall–Kier alpha value is -1.65. The maximum Gasteiger partial charge on any atom is 0.225 e. The van der Waals surface area contributed by atoms with Gasteiger partial charge in [-0.05, 0) is 43.0 Å². The van der Waals surface area contributed by atoms with E-state index >= 15 is 0 Å². The Morgan fingerprint density at radius 1 is 1.18 bits per heavy atom. The lowest BCUT2D eigenvalue weighted by Gasteiger charge is -2.10. The summed E-state index contributed by atoms with van der Waals surface area (Å²) in [5, 5.41) is 6.88. The smallest absolute Gasteiger partial charge is 0.225 e. The standard InChI is InChI=1S/C17H18ClN3S/c1-4-7-19-15-14-13(9-22-16(14)21-17(18)20-15)12-6-5-10(2)8-11(12)3/h5-6,8-9H,4,7H2,1-3H3,(H,19,20,21). The van der Waals surface area contributed by atoms with Crippen molar-refractivity contribution in [3.63, 3.8) is 0 Å². The molecule has 1 N–H and O–H groups in total. The van der Waals surface area contributed by atoms with Crippen LogP contribution >= 0.6 is 22.9 Å². The van der Waals surface area contributed by atoms with E-state index in [4.69, 9.17) is 11.6 Å². The molecule has 2 heterocycles. The van der Waals surface area contributed by atoms with Crippen LogP contribution in [0.4, 0.5) is 5.82 Å². The van der Waals surface area contributed by atoms with E-state index < -0.39 is 0 Å². The summed E-state index contributed by atoms with van der Waals surface area (Å²) in [6.07, 6.45) is 1.03. The van der Waals surface area contributed by atoms with Crippen LogP contribution in [0.2, 0.25) is 5.28 Å². The summed E-state index contributed by atoms with van der Waals surface area (Å²) in [5.74, 6) is 0.827. The molecule has 0 aliphatic carbocycles. The van der Waals surface area contributed by atoms with E-state index in [2.05, 4.69) is 59.6 Å². The van der Waals surface area contributed by atoms with Gasteiger partial charge in [0.05, 0.1) is 5.39 Å². The molecule has 114 valence electrons. The number of hydrogen-bond acceptors (Lipinski definition) is 4. The number of thiophene rings is 1. The Balaban J connectivity index is 2.21. The summed E-state index contributed by atoms with van der Waals surface area (Å²) in [6.45, 7) is 7.25. The molecule has 1 aromatic carbocycles. The van der Waals surface area contributed by atoms with Crippen LogP contribution in [0.1, 0.15) is 24.5 Å². The number of nitrogens with one attached hydrogen (secondary N) is 1. The molecule has 3 nitrogen and oxygen atoms in total. The van der Waals surface area contributed by atoms with E-state index in [-0.39, 0.29) is 0 Å². The van der Waals surface area contributed by atoms with Crippen LogP contribution in [-0.2, 0) is 0 Å². The Morgan fingerprint density at radius 2 is 2.00 bits per heavy atom. The molecule has 0 fully saturated rings. The number of aromatic nitrogens is 2. The van der Waals surface area contributed by atoms with E-state index in [9.17, 15) is 0 Å². The van der Waals surface area contributed by atoms with Crippen LogP contribution in [0, 0.1) is 13.8 Å². The zero-order valence-electron chi connectivity index (χ0n) is 12.9. The SMILES string of the molecule is CCCNc1nc(Cl)nc2scc(-c3ccc(C)cc3C)c12. The van der Waals surface area contributed by atoms with Gasteiger partial charge in [0, 0.05) is 17.5 Å². The lowest BCUT2D eigenvalue weighted by Crippen LogP contribution is -2.03. The van der Waals surface area contributed by atoms with E-state index in [0.717, 1.165) is 29.0 Å². The molecule has 0 saturated heterocycles. The molecule has 22 heavy (non-hydrogen) atoms. The van der Waals surface area contributed by atoms with Gasteiger partial charge in [-0.15, -0.1) is 11.3 Å². The largest absolute Gasteiger partial charge is 0.369 e. The molecule has 5 heteroatoms. The maximum atomic E-state index is 6.05. The first-order chi connectivity index (χ1) is 10.6. The Labute approximate surface area is 139 Å². The highest BCUT2D eigenvalue weighted by Gasteiger charge is 2.15. The molecule has 0 spiro atoms. The monoisotopic (exact) mass is 331 g/mol. The summed E-state index contributed by atoms with van der Waals surface area (Å²) >= 11 is 7.66. The van der Waals surface area contributed by atoms with Crippen molar-refractivity contribution in [2.45, 2.75) is 27.2 Å². The van der Waals surface area contributed by atoms with Crippen LogP contribution in [0.5, 0.6) is 0 Å². The minimum Gasteiger partial charge on any atom is -0.369 e. The zero-order valence-corrected chi connectivity index (χ0v) is 14.5. The Morgan fingerprint density at radius 3 is 2.73 bits per heavy atom. The van der Waals surface area contributed by atoms with E-state index in [1.807, 2.05) is 0 Å². The van der Waals surface area contributed by atoms with Crippen LogP contribution in [-0.4, -0.2) is 16.5 Å². The molecule has 0 bridgehead atoms. The molecule has 0 amide bonds. The second kappa shape index (κ2) is 6.23. The van der Waals surface area contributed by atoms with Crippen molar-refractivity contribution in [2.75, 3.05) is 11.9 Å². The van der Waals surface area contributed by atoms with E-state index in [1.54, 1.807) is 11.3 Å². The molecule has 0 unspecified atom stereocenters. The molecular weight excluding hydrogens is 314 g/mol. The number of nitrogens with zero attached hydrogens (tertiary/aromatic N) is 2. The zero-order chi connectivity index (χ0) is 15.7. The molecule has 0 aliphatic rings. The molecule has 0 radical (unpaired) electrons. The Kier molecular flexibility index (Phi) is 4.32. The normalized spacial score (nSPS) is 11.1. The third kappa shape index (κ3) is 2.81. The minimum atomic E-state index is 0.292. The van der Waals surface area contributed by atoms with Gasteiger partial charge >= 0.3 is 0 Å². The molecule has 2 aromatic heterocycles. The second-order valence-corrected chi connectivity index (χ2v) is 6.61. The first-order valence-electron chi connectivity index (χ1n) is 7.36. The first kappa shape index (κ1) is 15.3. The second-order valence-electron chi connectivity index (χ2n) is 5.42. The van der Waals surface area contributed by atoms with Crippen molar-refractivity contribution >= 4 is 39.0 Å². The van der Waals surface area contributed by atoms with Crippen molar-refractivity contribution in [3.05, 3.63) is 40.0 Å². The third-order valence-corrected chi connectivity index (χ3v) is 4.66. The molecule has 0 atom stereocenters. The number of benzene rings is 1. The number of anilines is 1. The quantitative estimate of drug-likeness (QED) is 0.646. The predicted octanol–water partition coefficient (Wildman–Crippen LogP) is 5.45. The van der Waals surface area contributed by atoms with Gasteiger partial charge in [-0.3, -0.25) is 0 Å². The highest BCUT2D eigenvalue weighted by atomic mass is 35.5. The van der Waals surface area contributed by atoms with Crippen LogP contribution in [0.25, 0.3) is 21.3 Å². The van der Waals surface area contributed by atoms with E-state index in [1.165, 1.54) is 22.3 Å². The fourth-order valence-corrected chi connectivity index (χ4v) is 3.76. The van der Waals surface area contributed by atoms with Gasteiger partial charge in [0.2, 0.25) is 5.28 Å². The summed E-state index contributed by atoms with van der Waals surface area (Å²) in [5.41, 5.74) is 4.93. The first-order valence-corrected chi connectivity index (χ1v) is 8.62. The lowest BCUT2D eigenvalue weighted by atomic mass is 9.99. The Bertz CT molecular complexity index is 826. The summed E-state index contributed by atoms with van der Waals surface area (Å²) < 4.78 is 0. The molecule has 3 aromatic rings. The van der Waals surface area contributed by atoms with Gasteiger partial charge in [0.1, 0.15) is 10.6 Å². The average Bonchev–Trinajstić information content (AvgIpc) is 2.88. The van der Waals surface area contributed by atoms with Gasteiger partial charge in [0.25, 0.3) is 0 Å². The number of rotatable bonds is 4. The van der Waals surface area contributed by atoms with Crippen molar-refractivity contribution < 1.29 is 0 Å². The van der Waals surface area contributed by atoms with Crippen molar-refractivity contribution in [1.29, 1.82) is 0 Å². The van der Waals surface area contributed by atoms with Gasteiger partial charge in [0.15, 0.2) is 0 Å². The van der Waals surface area contributed by atoms with Gasteiger partial charge in [-0.2, -0.15) is 0 Å². The van der Waals surface area contributed by atoms with Crippen LogP contribution in [0.15, 0.2) is 23.6 Å². The summed E-state index contributed by atoms with van der Waals surface area (Å²) in [4.78, 5) is 9.69. The fourth-order valence-electron chi connectivity index (χ4n) is 2.60. The number of hydrogen-bond donors (Lipinski definition) is 1. The lowest BCUT2D eigenvalue weighted by molar-refractivity contribution is 0.970. The molecule has 0 saturated carbocycles. The average molecular weight is 332 g/mol. The molecule has 0 aliphatic heterocycles. The third-order valence-electron chi connectivity index (χ3n) is 3.62. The summed E-state index contributed by atoms with van der Waals surface area (Å²) in [7, 11) is 0. The topological polar surface area (TPSA) is 37.8 Å².